The van der Waals surface area contributed by atoms with E-state index < -0.39 is 0 Å². The number of nitrogens with one attached hydrogen (secondary N) is 1. The van der Waals surface area contributed by atoms with Gasteiger partial charge in [-0.15, -0.1) is 22.0 Å². The van der Waals surface area contributed by atoms with Crippen molar-refractivity contribution >= 4 is 46.7 Å². The van der Waals surface area contributed by atoms with Gasteiger partial charge in [-0.05, 0) is 55.0 Å². The number of nitrogens with zero attached hydrogens (tertiary/aromatic N) is 3. The number of carbonyl (C=O) groups excluding carboxylic acids is 1. The van der Waals surface area contributed by atoms with Crippen molar-refractivity contribution < 1.29 is 4.79 Å². The van der Waals surface area contributed by atoms with Crippen LogP contribution < -0.4 is 5.32 Å². The van der Waals surface area contributed by atoms with Gasteiger partial charge in [0.15, 0.2) is 5.16 Å². The van der Waals surface area contributed by atoms with Gasteiger partial charge in [0, 0.05) is 21.3 Å². The second kappa shape index (κ2) is 10.7. The number of aromatic nitrogens is 3. The molecule has 0 fully saturated rings. The average Bonchev–Trinajstić information content (AvgIpc) is 3.22. The summed E-state index contributed by atoms with van der Waals surface area (Å²) < 4.78 is 2.02. The molecule has 3 aromatic carbocycles. The Morgan fingerprint density at radius 2 is 1.69 bits per heavy atom. The maximum atomic E-state index is 12.6. The molecule has 0 saturated heterocycles. The van der Waals surface area contributed by atoms with Crippen LogP contribution in [0.2, 0.25) is 5.02 Å². The van der Waals surface area contributed by atoms with E-state index in [0.29, 0.717) is 15.9 Å². The normalized spacial score (nSPS) is 10.8. The quantitative estimate of drug-likeness (QED) is 0.302. The molecule has 0 aliphatic heterocycles. The van der Waals surface area contributed by atoms with Crippen LogP contribution in [0.5, 0.6) is 0 Å². The zero-order valence-electron chi connectivity index (χ0n) is 17.4. The van der Waals surface area contributed by atoms with Gasteiger partial charge in [-0.25, -0.2) is 0 Å². The minimum atomic E-state index is -0.108. The highest BCUT2D eigenvalue weighted by molar-refractivity contribution is 7.99. The van der Waals surface area contributed by atoms with Crippen molar-refractivity contribution in [2.24, 2.45) is 0 Å². The van der Waals surface area contributed by atoms with E-state index in [0.717, 1.165) is 22.8 Å². The number of para-hydroxylation sites is 1. The first kappa shape index (κ1) is 22.5. The van der Waals surface area contributed by atoms with Crippen LogP contribution in [0.15, 0.2) is 88.9 Å². The van der Waals surface area contributed by atoms with Gasteiger partial charge in [-0.2, -0.15) is 0 Å². The van der Waals surface area contributed by atoms with Crippen LogP contribution >= 0.6 is 35.1 Å². The molecular formula is C24H21ClN4OS2. The Bertz CT molecular complexity index is 1200. The summed E-state index contributed by atoms with van der Waals surface area (Å²) in [7, 11) is 0. The molecule has 1 amide bonds. The standard InChI is InChI=1S/C24H21ClN4OS2/c1-17-14-18(25)12-13-21(17)26-23(30)16-32-24-28-27-22(15-31-20-10-6-3-7-11-20)29(24)19-8-4-2-5-9-19/h2-14H,15-16H2,1H3,(H,26,30). The molecule has 0 saturated carbocycles. The van der Waals surface area contributed by atoms with E-state index in [1.165, 1.54) is 16.7 Å². The molecule has 5 nitrogen and oxygen atoms in total. The fourth-order valence-corrected chi connectivity index (χ4v) is 4.90. The Labute approximate surface area is 200 Å². The van der Waals surface area contributed by atoms with Crippen molar-refractivity contribution in [3.05, 3.63) is 95.3 Å². The smallest absolute Gasteiger partial charge is 0.234 e. The van der Waals surface area contributed by atoms with Crippen molar-refractivity contribution in [3.63, 3.8) is 0 Å². The average molecular weight is 481 g/mol. The van der Waals surface area contributed by atoms with E-state index in [1.54, 1.807) is 17.8 Å². The molecule has 1 aromatic heterocycles. The molecule has 4 aromatic rings. The molecule has 32 heavy (non-hydrogen) atoms. The first-order chi connectivity index (χ1) is 15.6. The summed E-state index contributed by atoms with van der Waals surface area (Å²) in [6.07, 6.45) is 0. The number of hydrogen-bond donors (Lipinski definition) is 1. The number of aryl methyl sites for hydroxylation is 1. The molecule has 1 heterocycles. The summed E-state index contributed by atoms with van der Waals surface area (Å²) in [4.78, 5) is 13.7. The van der Waals surface area contributed by atoms with Crippen LogP contribution in [0.3, 0.4) is 0 Å². The maximum absolute atomic E-state index is 12.6. The molecule has 0 aliphatic rings. The molecule has 162 valence electrons. The van der Waals surface area contributed by atoms with Gasteiger partial charge in [0.1, 0.15) is 5.82 Å². The summed E-state index contributed by atoms with van der Waals surface area (Å²) >= 11 is 9.07. The third-order valence-electron chi connectivity index (χ3n) is 4.62. The zero-order chi connectivity index (χ0) is 22.3. The summed E-state index contributed by atoms with van der Waals surface area (Å²) in [6, 6.07) is 25.6. The molecular weight excluding hydrogens is 460 g/mol. The van der Waals surface area contributed by atoms with E-state index in [1.807, 2.05) is 72.2 Å². The van der Waals surface area contributed by atoms with Gasteiger partial charge in [-0.1, -0.05) is 59.8 Å². The Morgan fingerprint density at radius 1 is 0.969 bits per heavy atom. The Morgan fingerprint density at radius 3 is 2.41 bits per heavy atom. The van der Waals surface area contributed by atoms with Crippen LogP contribution in [0.1, 0.15) is 11.4 Å². The first-order valence-corrected chi connectivity index (χ1v) is 12.3. The monoisotopic (exact) mass is 480 g/mol. The van der Waals surface area contributed by atoms with Gasteiger partial charge >= 0.3 is 0 Å². The van der Waals surface area contributed by atoms with Crippen molar-refractivity contribution in [2.45, 2.75) is 22.7 Å². The second-order valence-corrected chi connectivity index (χ2v) is 9.40. The van der Waals surface area contributed by atoms with Crippen molar-refractivity contribution in [1.82, 2.24) is 14.8 Å². The minimum absolute atomic E-state index is 0.108. The van der Waals surface area contributed by atoms with Gasteiger partial charge < -0.3 is 5.32 Å². The number of halogens is 1. The third-order valence-corrected chi connectivity index (χ3v) is 6.79. The van der Waals surface area contributed by atoms with E-state index in [4.69, 9.17) is 11.6 Å². The number of anilines is 1. The predicted octanol–water partition coefficient (Wildman–Crippen LogP) is 6.25. The molecule has 1 N–H and O–H groups in total. The summed E-state index contributed by atoms with van der Waals surface area (Å²) in [6.45, 7) is 1.91. The van der Waals surface area contributed by atoms with Crippen LogP contribution in [0.25, 0.3) is 5.69 Å². The SMILES string of the molecule is Cc1cc(Cl)ccc1NC(=O)CSc1nnc(CSc2ccccc2)n1-c1ccccc1. The maximum Gasteiger partial charge on any atom is 0.234 e. The molecule has 0 bridgehead atoms. The van der Waals surface area contributed by atoms with Gasteiger partial charge in [0.25, 0.3) is 0 Å². The van der Waals surface area contributed by atoms with Crippen LogP contribution in [0, 0.1) is 6.92 Å². The molecule has 0 spiro atoms. The van der Waals surface area contributed by atoms with E-state index in [-0.39, 0.29) is 11.7 Å². The second-order valence-electron chi connectivity index (χ2n) is 6.97. The lowest BCUT2D eigenvalue weighted by molar-refractivity contribution is -0.113. The minimum Gasteiger partial charge on any atom is -0.325 e. The largest absolute Gasteiger partial charge is 0.325 e. The number of benzene rings is 3. The Hall–Kier alpha value is -2.74. The van der Waals surface area contributed by atoms with Gasteiger partial charge in [0.2, 0.25) is 5.91 Å². The third kappa shape index (κ3) is 5.73. The molecule has 0 radical (unpaired) electrons. The predicted molar refractivity (Wildman–Crippen MR) is 133 cm³/mol. The lowest BCUT2D eigenvalue weighted by atomic mass is 10.2. The van der Waals surface area contributed by atoms with E-state index >= 15 is 0 Å². The van der Waals surface area contributed by atoms with Crippen LogP contribution in [-0.4, -0.2) is 26.4 Å². The summed E-state index contributed by atoms with van der Waals surface area (Å²) in [5.74, 6) is 1.62. The Balaban J connectivity index is 1.49. The van der Waals surface area contributed by atoms with Crippen LogP contribution in [-0.2, 0) is 10.5 Å². The summed E-state index contributed by atoms with van der Waals surface area (Å²) in [5.41, 5.74) is 2.64. The highest BCUT2D eigenvalue weighted by Gasteiger charge is 2.16. The van der Waals surface area contributed by atoms with E-state index in [2.05, 4.69) is 27.6 Å². The summed E-state index contributed by atoms with van der Waals surface area (Å²) in [5, 5.41) is 13.1. The molecule has 0 atom stereocenters. The number of rotatable bonds is 8. The fraction of sp³-hybridized carbons (Fsp3) is 0.125. The van der Waals surface area contributed by atoms with Gasteiger partial charge in [0.05, 0.1) is 11.5 Å². The van der Waals surface area contributed by atoms with Crippen molar-refractivity contribution in [2.75, 3.05) is 11.1 Å². The highest BCUT2D eigenvalue weighted by Crippen LogP contribution is 2.27. The first-order valence-electron chi connectivity index (χ1n) is 9.96. The lowest BCUT2D eigenvalue weighted by Gasteiger charge is -2.11. The number of amides is 1. The number of hydrogen-bond acceptors (Lipinski definition) is 5. The fourth-order valence-electron chi connectivity index (χ4n) is 3.07. The number of carbonyl (C=O) groups is 1. The topological polar surface area (TPSA) is 59.8 Å². The molecule has 0 aliphatic carbocycles. The zero-order valence-corrected chi connectivity index (χ0v) is 19.8. The lowest BCUT2D eigenvalue weighted by Crippen LogP contribution is -2.15. The van der Waals surface area contributed by atoms with Gasteiger partial charge in [-0.3, -0.25) is 9.36 Å². The molecule has 8 heteroatoms. The molecule has 0 unspecified atom stereocenters. The Kier molecular flexibility index (Phi) is 7.52. The van der Waals surface area contributed by atoms with Crippen LogP contribution in [0.4, 0.5) is 5.69 Å². The number of thioether (sulfide) groups is 2. The van der Waals surface area contributed by atoms with E-state index in [9.17, 15) is 4.79 Å². The molecule has 4 rings (SSSR count). The highest BCUT2D eigenvalue weighted by atomic mass is 35.5. The van der Waals surface area contributed by atoms with Crippen molar-refractivity contribution in [3.8, 4) is 5.69 Å². The van der Waals surface area contributed by atoms with Crippen molar-refractivity contribution in [1.29, 1.82) is 0 Å².